The second-order valence-electron chi connectivity index (χ2n) is 4.38. The van der Waals surface area contributed by atoms with Gasteiger partial charge in [0.25, 0.3) is 0 Å². The van der Waals surface area contributed by atoms with Gasteiger partial charge in [0.2, 0.25) is 0 Å². The molecule has 0 unspecified atom stereocenters. The second-order valence-corrected chi connectivity index (χ2v) is 7.49. The van der Waals surface area contributed by atoms with E-state index in [1.807, 2.05) is 0 Å². The van der Waals surface area contributed by atoms with Gasteiger partial charge in [0.15, 0.2) is 9.84 Å². The third-order valence-corrected chi connectivity index (χ3v) is 5.09. The molecule has 0 fully saturated rings. The molecule has 110 valence electrons. The van der Waals surface area contributed by atoms with Gasteiger partial charge in [0.1, 0.15) is 0 Å². The minimum absolute atomic E-state index is 0.0984. The number of sulfone groups is 1. The zero-order valence-corrected chi connectivity index (χ0v) is 13.8. The fraction of sp³-hybridized carbons (Fsp3) is 0.0667. The molecule has 0 bridgehead atoms. The lowest BCUT2D eigenvalue weighted by atomic mass is 10.2. The zero-order valence-electron chi connectivity index (χ0n) is 10.8. The molecule has 2 nitrogen and oxygen atoms in total. The summed E-state index contributed by atoms with van der Waals surface area (Å²) in [4.78, 5) is 0. The molecule has 0 heterocycles. The van der Waals surface area contributed by atoms with Crippen LogP contribution in [0.4, 0.5) is 0 Å². The van der Waals surface area contributed by atoms with Crippen molar-refractivity contribution in [2.45, 2.75) is 5.75 Å². The van der Waals surface area contributed by atoms with E-state index in [0.717, 1.165) is 5.41 Å². The van der Waals surface area contributed by atoms with Crippen molar-refractivity contribution in [3.8, 4) is 0 Å². The number of benzene rings is 2. The van der Waals surface area contributed by atoms with Crippen molar-refractivity contribution < 1.29 is 8.42 Å². The van der Waals surface area contributed by atoms with Crippen molar-refractivity contribution in [3.63, 3.8) is 0 Å². The molecule has 0 aromatic heterocycles. The Morgan fingerprint density at radius 2 is 1.62 bits per heavy atom. The lowest BCUT2D eigenvalue weighted by Crippen LogP contribution is -1.99. The van der Waals surface area contributed by atoms with Crippen LogP contribution in [0.15, 0.2) is 47.9 Å². The number of halogens is 3. The van der Waals surface area contributed by atoms with Crippen LogP contribution in [-0.2, 0) is 15.6 Å². The van der Waals surface area contributed by atoms with Gasteiger partial charge in [0, 0.05) is 10.4 Å². The summed E-state index contributed by atoms with van der Waals surface area (Å²) >= 11 is 17.7. The van der Waals surface area contributed by atoms with Crippen molar-refractivity contribution in [1.29, 1.82) is 0 Å². The Balaban J connectivity index is 2.19. The summed E-state index contributed by atoms with van der Waals surface area (Å²) in [5.41, 5.74) is 1.23. The van der Waals surface area contributed by atoms with Crippen LogP contribution in [0.1, 0.15) is 11.1 Å². The van der Waals surface area contributed by atoms with Crippen LogP contribution in [0.5, 0.6) is 0 Å². The standard InChI is InChI=1S/C15H11Cl3O2S/c16-13-6-4-11(5-7-13)10-21(19,20)9-8-12-2-1-3-14(17)15(12)18/h1-9H,10H2. The summed E-state index contributed by atoms with van der Waals surface area (Å²) in [6.07, 6.45) is 1.44. The lowest BCUT2D eigenvalue weighted by molar-refractivity contribution is 0.604. The maximum absolute atomic E-state index is 12.1. The maximum atomic E-state index is 12.1. The molecule has 2 rings (SSSR count). The molecule has 0 saturated heterocycles. The zero-order chi connectivity index (χ0) is 15.5. The molecule has 0 N–H and O–H groups in total. The Kier molecular flexibility index (Phi) is 5.33. The minimum Gasteiger partial charge on any atom is -0.224 e. The van der Waals surface area contributed by atoms with E-state index in [1.54, 1.807) is 42.5 Å². The average Bonchev–Trinajstić information content (AvgIpc) is 2.43. The van der Waals surface area contributed by atoms with Gasteiger partial charge in [-0.3, -0.25) is 0 Å². The van der Waals surface area contributed by atoms with Crippen molar-refractivity contribution in [1.82, 2.24) is 0 Å². The quantitative estimate of drug-likeness (QED) is 0.747. The molecule has 0 saturated carbocycles. The molecule has 6 heteroatoms. The molecule has 0 spiro atoms. The first-order valence-corrected chi connectivity index (χ1v) is 8.81. The largest absolute Gasteiger partial charge is 0.224 e. The Morgan fingerprint density at radius 3 is 2.29 bits per heavy atom. The van der Waals surface area contributed by atoms with E-state index in [2.05, 4.69) is 0 Å². The maximum Gasteiger partial charge on any atom is 0.175 e. The fourth-order valence-corrected chi connectivity index (χ4v) is 3.29. The van der Waals surface area contributed by atoms with E-state index in [0.29, 0.717) is 26.2 Å². The first-order chi connectivity index (χ1) is 9.87. The predicted molar refractivity (Wildman–Crippen MR) is 89.6 cm³/mol. The highest BCUT2D eigenvalue weighted by Crippen LogP contribution is 2.26. The summed E-state index contributed by atoms with van der Waals surface area (Å²) in [5, 5.41) is 2.42. The molecule has 0 amide bonds. The van der Waals surface area contributed by atoms with Gasteiger partial charge >= 0.3 is 0 Å². The Labute approximate surface area is 138 Å². The molecule has 0 atom stereocenters. The summed E-state index contributed by atoms with van der Waals surface area (Å²) in [6.45, 7) is 0. The van der Waals surface area contributed by atoms with E-state index in [4.69, 9.17) is 34.8 Å². The molecule has 0 aliphatic rings. The Hall–Kier alpha value is -1.00. The van der Waals surface area contributed by atoms with Crippen LogP contribution < -0.4 is 0 Å². The average molecular weight is 362 g/mol. The number of rotatable bonds is 4. The molecule has 0 aliphatic heterocycles. The minimum atomic E-state index is -3.40. The molecule has 21 heavy (non-hydrogen) atoms. The molecule has 2 aromatic rings. The van der Waals surface area contributed by atoms with Gasteiger partial charge in [-0.05, 0) is 35.4 Å². The van der Waals surface area contributed by atoms with Crippen molar-refractivity contribution in [3.05, 3.63) is 74.1 Å². The van der Waals surface area contributed by atoms with E-state index in [1.165, 1.54) is 6.08 Å². The highest BCUT2D eigenvalue weighted by atomic mass is 35.5. The van der Waals surface area contributed by atoms with E-state index in [-0.39, 0.29) is 5.75 Å². The molecule has 0 aliphatic carbocycles. The molecule has 2 aromatic carbocycles. The Bertz CT molecular complexity index is 766. The van der Waals surface area contributed by atoms with Crippen LogP contribution >= 0.6 is 34.8 Å². The fourth-order valence-electron chi connectivity index (χ4n) is 1.69. The first kappa shape index (κ1) is 16.4. The van der Waals surface area contributed by atoms with Crippen LogP contribution in [-0.4, -0.2) is 8.42 Å². The molecular formula is C15H11Cl3O2S. The van der Waals surface area contributed by atoms with Crippen molar-refractivity contribution in [2.75, 3.05) is 0 Å². The highest BCUT2D eigenvalue weighted by Gasteiger charge is 2.09. The Morgan fingerprint density at radius 1 is 0.952 bits per heavy atom. The van der Waals surface area contributed by atoms with Crippen molar-refractivity contribution in [2.24, 2.45) is 0 Å². The lowest BCUT2D eigenvalue weighted by Gasteiger charge is -2.02. The van der Waals surface area contributed by atoms with Crippen molar-refractivity contribution >= 4 is 50.7 Å². The number of hydrogen-bond acceptors (Lipinski definition) is 2. The predicted octanol–water partition coefficient (Wildman–Crippen LogP) is 5.23. The topological polar surface area (TPSA) is 34.1 Å². The van der Waals surface area contributed by atoms with Gasteiger partial charge in [-0.2, -0.15) is 0 Å². The third-order valence-electron chi connectivity index (χ3n) is 2.72. The van der Waals surface area contributed by atoms with E-state index in [9.17, 15) is 8.42 Å². The summed E-state index contributed by atoms with van der Waals surface area (Å²) in [7, 11) is -3.40. The second kappa shape index (κ2) is 6.84. The highest BCUT2D eigenvalue weighted by molar-refractivity contribution is 7.93. The third kappa shape index (κ3) is 4.75. The van der Waals surface area contributed by atoms with Gasteiger partial charge in [-0.15, -0.1) is 0 Å². The smallest absolute Gasteiger partial charge is 0.175 e. The first-order valence-electron chi connectivity index (χ1n) is 5.97. The van der Waals surface area contributed by atoms with Gasteiger partial charge < -0.3 is 0 Å². The van der Waals surface area contributed by atoms with E-state index >= 15 is 0 Å². The normalized spacial score (nSPS) is 12.0. The summed E-state index contributed by atoms with van der Waals surface area (Å²) in [5.74, 6) is -0.0984. The van der Waals surface area contributed by atoms with Gasteiger partial charge in [-0.25, -0.2) is 8.42 Å². The van der Waals surface area contributed by atoms with Crippen LogP contribution in [0.2, 0.25) is 15.1 Å². The monoisotopic (exact) mass is 360 g/mol. The van der Waals surface area contributed by atoms with Gasteiger partial charge in [0.05, 0.1) is 15.8 Å². The van der Waals surface area contributed by atoms with Crippen LogP contribution in [0, 0.1) is 0 Å². The summed E-state index contributed by atoms with van der Waals surface area (Å²) in [6, 6.07) is 11.7. The van der Waals surface area contributed by atoms with Gasteiger partial charge in [-0.1, -0.05) is 59.1 Å². The SMILES string of the molecule is O=S(=O)(C=Cc1cccc(Cl)c1Cl)Cc1ccc(Cl)cc1. The summed E-state index contributed by atoms with van der Waals surface area (Å²) < 4.78 is 24.1. The number of hydrogen-bond donors (Lipinski definition) is 0. The van der Waals surface area contributed by atoms with E-state index < -0.39 is 9.84 Å². The van der Waals surface area contributed by atoms with Crippen LogP contribution in [0.25, 0.3) is 6.08 Å². The molecule has 0 radical (unpaired) electrons. The van der Waals surface area contributed by atoms with Crippen LogP contribution in [0.3, 0.4) is 0 Å². The molecular weight excluding hydrogens is 351 g/mol.